The molecule has 0 aliphatic heterocycles. The first-order chi connectivity index (χ1) is 15.5. The zero-order valence-corrected chi connectivity index (χ0v) is 18.3. The van der Waals surface area contributed by atoms with Crippen molar-refractivity contribution in [3.8, 4) is 5.75 Å². The summed E-state index contributed by atoms with van der Waals surface area (Å²) in [5.74, 6) is 0.292. The molecule has 0 radical (unpaired) electrons. The van der Waals surface area contributed by atoms with Crippen molar-refractivity contribution in [2.75, 3.05) is 5.32 Å². The molecule has 5 nitrogen and oxygen atoms in total. The van der Waals surface area contributed by atoms with Gasteiger partial charge in [0.15, 0.2) is 5.82 Å². The van der Waals surface area contributed by atoms with E-state index < -0.39 is 0 Å². The molecule has 1 aromatic heterocycles. The number of aromatic nitrogens is 2. The smallest absolute Gasteiger partial charge is 0.256 e. The Kier molecular flexibility index (Phi) is 6.73. The number of amides is 1. The van der Waals surface area contributed by atoms with E-state index in [0.717, 1.165) is 11.1 Å². The van der Waals surface area contributed by atoms with Crippen LogP contribution in [0.25, 0.3) is 0 Å². The van der Waals surface area contributed by atoms with E-state index in [1.165, 1.54) is 12.1 Å². The van der Waals surface area contributed by atoms with E-state index in [0.29, 0.717) is 34.5 Å². The van der Waals surface area contributed by atoms with Crippen LogP contribution < -0.4 is 10.1 Å². The molecule has 0 saturated carbocycles. The van der Waals surface area contributed by atoms with Crippen molar-refractivity contribution in [1.82, 2.24) is 9.78 Å². The highest BCUT2D eigenvalue weighted by Gasteiger charge is 2.13. The quantitative estimate of drug-likeness (QED) is 0.350. The van der Waals surface area contributed by atoms with Gasteiger partial charge in [-0.15, -0.1) is 0 Å². The van der Waals surface area contributed by atoms with E-state index >= 15 is 0 Å². The molecule has 3 aromatic carbocycles. The Morgan fingerprint density at radius 1 is 1.00 bits per heavy atom. The van der Waals surface area contributed by atoms with Crippen LogP contribution in [0.5, 0.6) is 5.75 Å². The molecule has 4 rings (SSSR count). The first-order valence-electron chi connectivity index (χ1n) is 9.72. The maximum Gasteiger partial charge on any atom is 0.256 e. The number of halogens is 3. The summed E-state index contributed by atoms with van der Waals surface area (Å²) in [5.41, 5.74) is 2.22. The predicted molar refractivity (Wildman–Crippen MR) is 123 cm³/mol. The van der Waals surface area contributed by atoms with Crippen molar-refractivity contribution in [1.29, 1.82) is 0 Å². The highest BCUT2D eigenvalue weighted by Crippen LogP contribution is 2.22. The number of carbonyl (C=O) groups excluding carboxylic acids is 1. The Balaban J connectivity index is 1.36. The Morgan fingerprint density at radius 2 is 1.72 bits per heavy atom. The summed E-state index contributed by atoms with van der Waals surface area (Å²) in [7, 11) is 0. The Hall–Kier alpha value is -3.35. The van der Waals surface area contributed by atoms with Crippen molar-refractivity contribution in [3.05, 3.63) is 112 Å². The lowest BCUT2D eigenvalue weighted by molar-refractivity contribution is 0.102. The summed E-state index contributed by atoms with van der Waals surface area (Å²) in [4.78, 5) is 12.6. The number of hydrogen-bond acceptors (Lipinski definition) is 3. The molecule has 1 heterocycles. The van der Waals surface area contributed by atoms with Gasteiger partial charge in [-0.3, -0.25) is 9.48 Å². The van der Waals surface area contributed by atoms with Gasteiger partial charge in [-0.25, -0.2) is 4.39 Å². The molecule has 0 fully saturated rings. The van der Waals surface area contributed by atoms with E-state index in [2.05, 4.69) is 10.4 Å². The fourth-order valence-electron chi connectivity index (χ4n) is 3.00. The molecular formula is C24H18Cl2FN3O2. The Bertz CT molecular complexity index is 1220. The van der Waals surface area contributed by atoms with E-state index in [9.17, 15) is 9.18 Å². The molecule has 0 bridgehead atoms. The van der Waals surface area contributed by atoms with Crippen LogP contribution in [0.1, 0.15) is 21.5 Å². The summed E-state index contributed by atoms with van der Waals surface area (Å²) in [5, 5.41) is 7.94. The zero-order chi connectivity index (χ0) is 22.5. The largest absolute Gasteiger partial charge is 0.489 e. The molecular weight excluding hydrogens is 452 g/mol. The third-order valence-corrected chi connectivity index (χ3v) is 5.14. The van der Waals surface area contributed by atoms with E-state index in [4.69, 9.17) is 27.9 Å². The van der Waals surface area contributed by atoms with Crippen LogP contribution >= 0.6 is 23.2 Å². The molecule has 0 saturated heterocycles. The summed E-state index contributed by atoms with van der Waals surface area (Å²) in [6.45, 7) is 0.749. The number of rotatable bonds is 7. The van der Waals surface area contributed by atoms with Gasteiger partial charge in [0.05, 0.1) is 6.54 Å². The molecule has 162 valence electrons. The van der Waals surface area contributed by atoms with Gasteiger partial charge in [0.2, 0.25) is 0 Å². The highest BCUT2D eigenvalue weighted by molar-refractivity contribution is 6.33. The van der Waals surface area contributed by atoms with Gasteiger partial charge in [0.1, 0.15) is 23.2 Å². The minimum Gasteiger partial charge on any atom is -0.489 e. The molecule has 1 amide bonds. The molecule has 0 aliphatic rings. The van der Waals surface area contributed by atoms with Gasteiger partial charge in [0, 0.05) is 16.8 Å². The molecule has 0 aliphatic carbocycles. The average molecular weight is 470 g/mol. The van der Waals surface area contributed by atoms with Gasteiger partial charge in [-0.05, 0) is 53.6 Å². The minimum absolute atomic E-state index is 0.257. The molecule has 8 heteroatoms. The third kappa shape index (κ3) is 5.66. The maximum atomic E-state index is 13.1. The number of nitrogens with zero attached hydrogens (tertiary/aromatic N) is 2. The van der Waals surface area contributed by atoms with Crippen molar-refractivity contribution < 1.29 is 13.9 Å². The van der Waals surface area contributed by atoms with E-state index in [-0.39, 0.29) is 17.5 Å². The van der Waals surface area contributed by atoms with Gasteiger partial charge in [-0.1, -0.05) is 53.5 Å². The van der Waals surface area contributed by atoms with Crippen LogP contribution in [0, 0.1) is 5.82 Å². The standard InChI is InChI=1S/C24H18Cl2FN3O2/c25-19-2-1-3-21(12-19)32-15-17-4-8-18(9-5-17)24(31)28-23-22(26)14-30(29-23)13-16-6-10-20(27)11-7-16/h1-12,14H,13,15H2,(H,28,29,31). The van der Waals surface area contributed by atoms with Crippen molar-refractivity contribution >= 4 is 34.9 Å². The topological polar surface area (TPSA) is 56.2 Å². The number of anilines is 1. The summed E-state index contributed by atoms with van der Waals surface area (Å²) in [6.07, 6.45) is 1.61. The Morgan fingerprint density at radius 3 is 2.44 bits per heavy atom. The molecule has 0 spiro atoms. The van der Waals surface area contributed by atoms with Gasteiger partial charge in [0.25, 0.3) is 5.91 Å². The number of hydrogen-bond donors (Lipinski definition) is 1. The van der Waals surface area contributed by atoms with Gasteiger partial charge >= 0.3 is 0 Å². The lowest BCUT2D eigenvalue weighted by atomic mass is 10.1. The van der Waals surface area contributed by atoms with Crippen LogP contribution in [0.15, 0.2) is 79.0 Å². The van der Waals surface area contributed by atoms with Crippen molar-refractivity contribution in [2.24, 2.45) is 0 Å². The van der Waals surface area contributed by atoms with Crippen LogP contribution in [0.4, 0.5) is 10.2 Å². The second-order valence-corrected chi connectivity index (χ2v) is 7.89. The van der Waals surface area contributed by atoms with Crippen LogP contribution in [-0.4, -0.2) is 15.7 Å². The minimum atomic E-state index is -0.332. The normalized spacial score (nSPS) is 10.7. The molecule has 32 heavy (non-hydrogen) atoms. The lowest BCUT2D eigenvalue weighted by Crippen LogP contribution is -2.13. The first kappa shape index (κ1) is 21.9. The molecule has 0 unspecified atom stereocenters. The zero-order valence-electron chi connectivity index (χ0n) is 16.8. The van der Waals surface area contributed by atoms with Gasteiger partial charge < -0.3 is 10.1 Å². The SMILES string of the molecule is O=C(Nc1nn(Cc2ccc(F)cc2)cc1Cl)c1ccc(COc2cccc(Cl)c2)cc1. The molecule has 1 N–H and O–H groups in total. The number of nitrogens with one attached hydrogen (secondary N) is 1. The summed E-state index contributed by atoms with van der Waals surface area (Å²) < 4.78 is 20.3. The van der Waals surface area contributed by atoms with Gasteiger partial charge in [-0.2, -0.15) is 5.10 Å². The Labute approximate surface area is 194 Å². The van der Waals surface area contributed by atoms with Crippen molar-refractivity contribution in [3.63, 3.8) is 0 Å². The number of ether oxygens (including phenoxy) is 1. The van der Waals surface area contributed by atoms with E-state index in [1.807, 2.05) is 24.3 Å². The number of carbonyl (C=O) groups is 1. The molecule has 4 aromatic rings. The van der Waals surface area contributed by atoms with Crippen molar-refractivity contribution in [2.45, 2.75) is 13.2 Å². The second-order valence-electron chi connectivity index (χ2n) is 7.05. The fourth-order valence-corrected chi connectivity index (χ4v) is 3.37. The van der Waals surface area contributed by atoms with Crippen LogP contribution in [0.3, 0.4) is 0 Å². The maximum absolute atomic E-state index is 13.1. The summed E-state index contributed by atoms with van der Waals surface area (Å²) in [6, 6.07) is 20.3. The monoisotopic (exact) mass is 469 g/mol. The highest BCUT2D eigenvalue weighted by atomic mass is 35.5. The molecule has 0 atom stereocenters. The lowest BCUT2D eigenvalue weighted by Gasteiger charge is -2.08. The fraction of sp³-hybridized carbons (Fsp3) is 0.0833. The van der Waals surface area contributed by atoms with Crippen LogP contribution in [0.2, 0.25) is 10.0 Å². The average Bonchev–Trinajstić information content (AvgIpc) is 3.12. The van der Waals surface area contributed by atoms with E-state index in [1.54, 1.807) is 47.3 Å². The predicted octanol–water partition coefficient (Wildman–Crippen LogP) is 6.21. The number of benzene rings is 3. The summed E-state index contributed by atoms with van der Waals surface area (Å²) >= 11 is 12.2. The second kappa shape index (κ2) is 9.85. The third-order valence-electron chi connectivity index (χ3n) is 4.62. The van der Waals surface area contributed by atoms with Crippen LogP contribution in [-0.2, 0) is 13.2 Å². The first-order valence-corrected chi connectivity index (χ1v) is 10.5.